The van der Waals surface area contributed by atoms with Crippen LogP contribution in [-0.2, 0) is 24.4 Å². The molecule has 3 heterocycles. The largest absolute Gasteiger partial charge is 0.377 e. The molecule has 10 heteroatoms. The topological polar surface area (TPSA) is 98.3 Å². The molecule has 3 aliphatic heterocycles. The summed E-state index contributed by atoms with van der Waals surface area (Å²) in [5.74, 6) is -1.12. The summed E-state index contributed by atoms with van der Waals surface area (Å²) >= 11 is 0. The van der Waals surface area contributed by atoms with Crippen LogP contribution in [0.25, 0.3) is 10.8 Å². The number of rotatable bonds is 5. The molecule has 3 saturated heterocycles. The zero-order chi connectivity index (χ0) is 27.6. The number of anilines is 1. The van der Waals surface area contributed by atoms with E-state index in [-0.39, 0.29) is 41.1 Å². The van der Waals surface area contributed by atoms with Gasteiger partial charge in [-0.15, -0.1) is 0 Å². The van der Waals surface area contributed by atoms with E-state index in [0.717, 1.165) is 30.3 Å². The molecule has 6 rings (SSSR count). The van der Waals surface area contributed by atoms with Gasteiger partial charge in [-0.25, -0.2) is 8.42 Å². The molecular weight excluding hydrogens is 516 g/mol. The van der Waals surface area contributed by atoms with Crippen LogP contribution in [0.2, 0.25) is 0 Å². The van der Waals surface area contributed by atoms with E-state index in [9.17, 15) is 22.8 Å². The van der Waals surface area contributed by atoms with E-state index in [0.29, 0.717) is 31.2 Å². The molecule has 0 N–H and O–H groups in total. The van der Waals surface area contributed by atoms with Gasteiger partial charge in [0.2, 0.25) is 27.7 Å². The molecule has 2 aromatic carbocycles. The first-order chi connectivity index (χ1) is 18.6. The van der Waals surface area contributed by atoms with Gasteiger partial charge in [0.15, 0.2) is 0 Å². The number of fused-ring (bicyclic) bond motifs is 2. The van der Waals surface area contributed by atoms with Crippen LogP contribution in [0.4, 0.5) is 5.69 Å². The number of hydrogen-bond donors (Lipinski definition) is 0. The minimum atomic E-state index is -3.99. The Bertz CT molecular complexity index is 1450. The van der Waals surface area contributed by atoms with Gasteiger partial charge >= 0.3 is 0 Å². The first kappa shape index (κ1) is 26.3. The zero-order valence-electron chi connectivity index (χ0n) is 22.7. The van der Waals surface area contributed by atoms with Crippen LogP contribution in [0.3, 0.4) is 0 Å². The number of sulfonamides is 1. The molecule has 4 atom stereocenters. The van der Waals surface area contributed by atoms with Gasteiger partial charge in [-0.3, -0.25) is 19.3 Å². The maximum absolute atomic E-state index is 14.2. The Kier molecular flexibility index (Phi) is 6.45. The van der Waals surface area contributed by atoms with Crippen molar-refractivity contribution in [2.45, 2.75) is 68.5 Å². The van der Waals surface area contributed by atoms with Crippen molar-refractivity contribution in [2.75, 3.05) is 32.1 Å². The number of nitrogens with zero attached hydrogens (tertiary/aromatic N) is 4. The molecule has 0 spiro atoms. The molecule has 2 aromatic rings. The fraction of sp³-hybridized carbons (Fsp3) is 0.552. The minimum absolute atomic E-state index is 0.0719. The predicted molar refractivity (Wildman–Crippen MR) is 147 cm³/mol. The van der Waals surface area contributed by atoms with Crippen molar-refractivity contribution in [2.24, 2.45) is 11.8 Å². The maximum atomic E-state index is 14.2. The summed E-state index contributed by atoms with van der Waals surface area (Å²) in [6.45, 7) is 2.48. The van der Waals surface area contributed by atoms with E-state index in [1.807, 2.05) is 43.3 Å². The van der Waals surface area contributed by atoms with Crippen LogP contribution in [0, 0.1) is 11.8 Å². The molecule has 4 fully saturated rings. The van der Waals surface area contributed by atoms with Crippen LogP contribution in [-0.4, -0.2) is 85.6 Å². The van der Waals surface area contributed by atoms with Gasteiger partial charge in [0.05, 0.1) is 22.9 Å². The van der Waals surface area contributed by atoms with Crippen LogP contribution >= 0.6 is 0 Å². The Morgan fingerprint density at radius 3 is 2.33 bits per heavy atom. The number of hydrogen-bond acceptors (Lipinski definition) is 6. The molecule has 3 amide bonds. The van der Waals surface area contributed by atoms with E-state index in [1.165, 1.54) is 9.21 Å². The van der Waals surface area contributed by atoms with Crippen LogP contribution in [0.1, 0.15) is 45.4 Å². The van der Waals surface area contributed by atoms with Crippen LogP contribution < -0.4 is 4.90 Å². The average molecular weight is 553 g/mol. The summed E-state index contributed by atoms with van der Waals surface area (Å²) < 4.78 is 29.8. The molecule has 4 aliphatic rings. The number of piperidine rings is 1. The molecule has 0 radical (unpaired) electrons. The Morgan fingerprint density at radius 2 is 1.62 bits per heavy atom. The molecule has 0 bridgehead atoms. The van der Waals surface area contributed by atoms with Crippen molar-refractivity contribution in [3.05, 3.63) is 36.4 Å². The monoisotopic (exact) mass is 552 g/mol. The Hall–Kier alpha value is -2.98. The first-order valence-electron chi connectivity index (χ1n) is 14.0. The molecular formula is C29H36N4O5S. The maximum Gasteiger partial charge on any atom is 0.244 e. The molecule has 39 heavy (non-hydrogen) atoms. The zero-order valence-corrected chi connectivity index (χ0v) is 23.6. The van der Waals surface area contributed by atoms with Crippen molar-refractivity contribution >= 4 is 44.2 Å². The number of benzene rings is 2. The average Bonchev–Trinajstić information content (AvgIpc) is 3.65. The lowest BCUT2D eigenvalue weighted by Gasteiger charge is -2.38. The third-order valence-corrected chi connectivity index (χ3v) is 11.0. The third-order valence-electron chi connectivity index (χ3n) is 9.00. The van der Waals surface area contributed by atoms with Gasteiger partial charge in [-0.2, -0.15) is 4.31 Å². The van der Waals surface area contributed by atoms with E-state index >= 15 is 0 Å². The summed E-state index contributed by atoms with van der Waals surface area (Å²) in [5, 5.41) is 1.47. The van der Waals surface area contributed by atoms with Gasteiger partial charge < -0.3 is 9.80 Å². The third kappa shape index (κ3) is 4.14. The number of carbonyl (C=O) groups is 3. The summed E-state index contributed by atoms with van der Waals surface area (Å²) in [6, 6.07) is 9.37. The molecule has 1 aliphatic carbocycles. The van der Waals surface area contributed by atoms with Gasteiger partial charge in [0, 0.05) is 49.6 Å². The highest BCUT2D eigenvalue weighted by atomic mass is 32.2. The second-order valence-corrected chi connectivity index (χ2v) is 13.5. The van der Waals surface area contributed by atoms with Gasteiger partial charge in [-0.1, -0.05) is 37.6 Å². The minimum Gasteiger partial charge on any atom is -0.377 e. The molecule has 0 unspecified atom stereocenters. The summed E-state index contributed by atoms with van der Waals surface area (Å²) in [4.78, 5) is 45.4. The molecule has 9 nitrogen and oxygen atoms in total. The number of imide groups is 1. The highest BCUT2D eigenvalue weighted by molar-refractivity contribution is 7.89. The summed E-state index contributed by atoms with van der Waals surface area (Å²) in [6.07, 6.45) is 4.05. The lowest BCUT2D eigenvalue weighted by molar-refractivity contribution is -0.146. The van der Waals surface area contributed by atoms with Crippen LogP contribution in [0.5, 0.6) is 0 Å². The molecule has 208 valence electrons. The summed E-state index contributed by atoms with van der Waals surface area (Å²) in [7, 11) is -0.146. The second-order valence-electron chi connectivity index (χ2n) is 11.6. The fourth-order valence-corrected chi connectivity index (χ4v) is 8.76. The van der Waals surface area contributed by atoms with E-state index in [4.69, 9.17) is 0 Å². The standard InChI is InChI=1S/C29H36N4O5S/c1-18-26-23(33(27(18)34)28(35)19-13-14-19)15-17-31(26)29(36)24-10-4-5-16-32(24)39(37,38)25-12-7-8-20-21(25)9-6-11-22(20)30(2)3/h6-9,11-12,18-19,23-24,26H,4-5,10,13-17H2,1-3H3/t18-,23-,24-,26+/m0/s1. The van der Waals surface area contributed by atoms with Gasteiger partial charge in [0.25, 0.3) is 0 Å². The van der Waals surface area contributed by atoms with Crippen molar-refractivity contribution < 1.29 is 22.8 Å². The van der Waals surface area contributed by atoms with E-state index < -0.39 is 28.0 Å². The number of carbonyl (C=O) groups excluding carboxylic acids is 3. The quantitative estimate of drug-likeness (QED) is 0.529. The lowest BCUT2D eigenvalue weighted by atomic mass is 9.99. The highest BCUT2D eigenvalue weighted by Crippen LogP contribution is 2.42. The molecule has 1 saturated carbocycles. The Morgan fingerprint density at radius 1 is 0.897 bits per heavy atom. The first-order valence-corrected chi connectivity index (χ1v) is 15.4. The Balaban J connectivity index is 1.32. The van der Waals surface area contributed by atoms with Crippen molar-refractivity contribution in [3.8, 4) is 0 Å². The smallest absolute Gasteiger partial charge is 0.244 e. The number of amides is 3. The normalized spacial score (nSPS) is 27.7. The van der Waals surface area contributed by atoms with Crippen molar-refractivity contribution in [1.29, 1.82) is 0 Å². The van der Waals surface area contributed by atoms with Gasteiger partial charge in [0.1, 0.15) is 6.04 Å². The second kappa shape index (κ2) is 9.59. The molecule has 0 aromatic heterocycles. The Labute approximate surface area is 229 Å². The summed E-state index contributed by atoms with van der Waals surface area (Å²) in [5.41, 5.74) is 0.920. The van der Waals surface area contributed by atoms with E-state index in [1.54, 1.807) is 24.0 Å². The van der Waals surface area contributed by atoms with Crippen molar-refractivity contribution in [1.82, 2.24) is 14.1 Å². The lowest BCUT2D eigenvalue weighted by Crippen LogP contribution is -2.55. The SMILES string of the molecule is C[C@@H]1C(=O)N(C(=O)C2CC2)[C@H]2CCN(C(=O)[C@@H]3CCCCN3S(=O)(=O)c3cccc4c(N(C)C)cccc34)[C@H]12. The van der Waals surface area contributed by atoms with Gasteiger partial charge in [-0.05, 0) is 44.2 Å². The number of likely N-dealkylation sites (tertiary alicyclic amines) is 2. The highest BCUT2D eigenvalue weighted by Gasteiger charge is 2.57. The van der Waals surface area contributed by atoms with Crippen LogP contribution in [0.15, 0.2) is 41.3 Å². The predicted octanol–water partition coefficient (Wildman–Crippen LogP) is 2.83. The van der Waals surface area contributed by atoms with Crippen molar-refractivity contribution in [3.63, 3.8) is 0 Å². The fourth-order valence-electron chi connectivity index (χ4n) is 6.91. The van der Waals surface area contributed by atoms with E-state index in [2.05, 4.69) is 0 Å².